The molecule has 0 aliphatic heterocycles. The lowest BCUT2D eigenvalue weighted by molar-refractivity contribution is 0.463. The molecule has 1 rings (SSSR count). The molecular weight excluding hydrogens is 253 g/mol. The van der Waals surface area contributed by atoms with Crippen LogP contribution in [0, 0.1) is 13.8 Å². The van der Waals surface area contributed by atoms with Gasteiger partial charge in [0, 0.05) is 17.9 Å². The number of halogens is 1. The van der Waals surface area contributed by atoms with Gasteiger partial charge in [-0.3, -0.25) is 0 Å². The van der Waals surface area contributed by atoms with Gasteiger partial charge in [-0.25, -0.2) is 14.4 Å². The minimum absolute atomic E-state index is 0.355. The second kappa shape index (κ2) is 13.0. The van der Waals surface area contributed by atoms with E-state index in [1.165, 1.54) is 5.56 Å². The van der Waals surface area contributed by atoms with E-state index in [1.807, 2.05) is 41.5 Å². The van der Waals surface area contributed by atoms with Crippen molar-refractivity contribution in [2.24, 2.45) is 0 Å². The van der Waals surface area contributed by atoms with Gasteiger partial charge in [0.2, 0.25) is 0 Å². The molecule has 0 fully saturated rings. The van der Waals surface area contributed by atoms with Crippen LogP contribution in [0.5, 0.6) is 0 Å². The second-order valence-corrected chi connectivity index (χ2v) is 4.24. The maximum atomic E-state index is 11.9. The van der Waals surface area contributed by atoms with E-state index in [9.17, 15) is 4.39 Å². The van der Waals surface area contributed by atoms with E-state index in [1.54, 1.807) is 0 Å². The highest BCUT2D eigenvalue weighted by Gasteiger charge is 2.11. The highest BCUT2D eigenvalue weighted by molar-refractivity contribution is 5.27. The molecule has 0 bridgehead atoms. The molecule has 0 radical (unpaired) electrons. The molecule has 0 aliphatic rings. The predicted octanol–water partition coefficient (Wildman–Crippen LogP) is 4.33. The van der Waals surface area contributed by atoms with Crippen LogP contribution in [0.2, 0.25) is 0 Å². The van der Waals surface area contributed by atoms with Crippen molar-refractivity contribution in [2.75, 3.05) is 13.2 Å². The standard InChI is InChI=1S/C12H20FN3.2C2H6/c1-8(2)12-9(3)15-11(16-10(12)4)7-14-6-5-13;2*1-2/h8,14H,5-7H2,1-4H3;2*1-2H3. The molecule has 0 saturated heterocycles. The zero-order chi connectivity index (χ0) is 16.1. The minimum atomic E-state index is -0.359. The highest BCUT2D eigenvalue weighted by Crippen LogP contribution is 2.20. The number of nitrogens with zero attached hydrogens (tertiary/aromatic N) is 2. The molecule has 0 spiro atoms. The molecule has 0 amide bonds. The fourth-order valence-electron chi connectivity index (χ4n) is 1.98. The van der Waals surface area contributed by atoms with E-state index in [-0.39, 0.29) is 6.67 Å². The van der Waals surface area contributed by atoms with Gasteiger partial charge in [-0.15, -0.1) is 0 Å². The molecule has 4 heteroatoms. The third-order valence-electron chi connectivity index (χ3n) is 2.50. The van der Waals surface area contributed by atoms with E-state index in [4.69, 9.17) is 0 Å². The van der Waals surface area contributed by atoms with Gasteiger partial charge in [0.15, 0.2) is 0 Å². The van der Waals surface area contributed by atoms with Crippen molar-refractivity contribution in [2.45, 2.75) is 67.9 Å². The Morgan fingerprint density at radius 2 is 1.45 bits per heavy atom. The van der Waals surface area contributed by atoms with E-state index in [2.05, 4.69) is 29.1 Å². The quantitative estimate of drug-likeness (QED) is 0.818. The molecule has 1 N–H and O–H groups in total. The van der Waals surface area contributed by atoms with Crippen LogP contribution in [0.1, 0.15) is 70.2 Å². The molecule has 1 heterocycles. The van der Waals surface area contributed by atoms with Crippen LogP contribution in [0.4, 0.5) is 4.39 Å². The summed E-state index contributed by atoms with van der Waals surface area (Å²) in [4.78, 5) is 8.86. The van der Waals surface area contributed by atoms with Crippen molar-refractivity contribution in [3.63, 3.8) is 0 Å². The summed E-state index contributed by atoms with van der Waals surface area (Å²) >= 11 is 0. The van der Waals surface area contributed by atoms with Crippen molar-refractivity contribution < 1.29 is 4.39 Å². The van der Waals surface area contributed by atoms with Gasteiger partial charge >= 0.3 is 0 Å². The molecule has 3 nitrogen and oxygen atoms in total. The first kappa shape index (κ1) is 21.3. The molecule has 0 atom stereocenters. The van der Waals surface area contributed by atoms with Crippen molar-refractivity contribution in [1.82, 2.24) is 15.3 Å². The second-order valence-electron chi connectivity index (χ2n) is 4.24. The average Bonchev–Trinajstić information content (AvgIpc) is 2.42. The zero-order valence-corrected chi connectivity index (χ0v) is 14.5. The van der Waals surface area contributed by atoms with Gasteiger partial charge in [-0.2, -0.15) is 0 Å². The Hall–Kier alpha value is -1.03. The molecule has 0 saturated carbocycles. The highest BCUT2D eigenvalue weighted by atomic mass is 19.1. The maximum absolute atomic E-state index is 11.9. The molecule has 1 aromatic heterocycles. The van der Waals surface area contributed by atoms with E-state index in [0.717, 1.165) is 17.2 Å². The summed E-state index contributed by atoms with van der Waals surface area (Å²) in [6, 6.07) is 0. The van der Waals surface area contributed by atoms with Gasteiger partial charge in [0.1, 0.15) is 12.5 Å². The van der Waals surface area contributed by atoms with Crippen molar-refractivity contribution in [1.29, 1.82) is 0 Å². The number of rotatable bonds is 5. The fourth-order valence-corrected chi connectivity index (χ4v) is 1.98. The summed E-state index contributed by atoms with van der Waals surface area (Å²) in [7, 11) is 0. The lowest BCUT2D eigenvalue weighted by Gasteiger charge is -2.13. The number of nitrogens with one attached hydrogen (secondary N) is 1. The Labute approximate surface area is 124 Å². The molecular formula is C16H32FN3. The Bertz CT molecular complexity index is 329. The molecule has 1 aromatic rings. The monoisotopic (exact) mass is 285 g/mol. The number of aromatic nitrogens is 2. The van der Waals surface area contributed by atoms with E-state index >= 15 is 0 Å². The summed E-state index contributed by atoms with van der Waals surface area (Å²) in [5, 5.41) is 2.95. The Balaban J connectivity index is 0. The van der Waals surface area contributed by atoms with Gasteiger partial charge in [0.25, 0.3) is 0 Å². The largest absolute Gasteiger partial charge is 0.307 e. The first-order valence-electron chi connectivity index (χ1n) is 7.67. The molecule has 0 unspecified atom stereocenters. The molecule has 118 valence electrons. The number of alkyl halides is 1. The van der Waals surface area contributed by atoms with Crippen LogP contribution in [-0.2, 0) is 6.54 Å². The van der Waals surface area contributed by atoms with Crippen LogP contribution in [0.15, 0.2) is 0 Å². The minimum Gasteiger partial charge on any atom is -0.307 e. The fraction of sp³-hybridized carbons (Fsp3) is 0.750. The number of aryl methyl sites for hydroxylation is 2. The first-order valence-corrected chi connectivity index (χ1v) is 7.67. The number of hydrogen-bond acceptors (Lipinski definition) is 3. The van der Waals surface area contributed by atoms with Gasteiger partial charge in [-0.1, -0.05) is 41.5 Å². The Morgan fingerprint density at radius 3 is 1.80 bits per heavy atom. The van der Waals surface area contributed by atoms with Crippen molar-refractivity contribution in [3.05, 3.63) is 22.8 Å². The normalized spacial score (nSPS) is 9.50. The van der Waals surface area contributed by atoms with Crippen molar-refractivity contribution in [3.8, 4) is 0 Å². The lowest BCUT2D eigenvalue weighted by Crippen LogP contribution is -2.19. The van der Waals surface area contributed by atoms with Gasteiger partial charge in [0.05, 0.1) is 6.54 Å². The van der Waals surface area contributed by atoms with Crippen LogP contribution in [-0.4, -0.2) is 23.2 Å². The van der Waals surface area contributed by atoms with Crippen LogP contribution in [0.3, 0.4) is 0 Å². The maximum Gasteiger partial charge on any atom is 0.142 e. The summed E-state index contributed by atoms with van der Waals surface area (Å²) in [6.07, 6.45) is 0. The lowest BCUT2D eigenvalue weighted by atomic mass is 10.0. The topological polar surface area (TPSA) is 37.8 Å². The van der Waals surface area contributed by atoms with E-state index in [0.29, 0.717) is 19.0 Å². The smallest absolute Gasteiger partial charge is 0.142 e. The van der Waals surface area contributed by atoms with Crippen LogP contribution >= 0.6 is 0 Å². The van der Waals surface area contributed by atoms with Gasteiger partial charge < -0.3 is 5.32 Å². The summed E-state index contributed by atoms with van der Waals surface area (Å²) in [5.41, 5.74) is 3.27. The Morgan fingerprint density at radius 1 is 1.00 bits per heavy atom. The third kappa shape index (κ3) is 7.53. The van der Waals surface area contributed by atoms with E-state index < -0.39 is 0 Å². The van der Waals surface area contributed by atoms with Gasteiger partial charge in [-0.05, 0) is 25.3 Å². The molecule has 0 aliphatic carbocycles. The predicted molar refractivity (Wildman–Crippen MR) is 86.0 cm³/mol. The number of hydrogen-bond donors (Lipinski definition) is 1. The van der Waals surface area contributed by atoms with Crippen LogP contribution in [0.25, 0.3) is 0 Å². The summed E-state index contributed by atoms with van der Waals surface area (Å²) < 4.78 is 11.9. The van der Waals surface area contributed by atoms with Crippen LogP contribution < -0.4 is 5.32 Å². The third-order valence-corrected chi connectivity index (χ3v) is 2.50. The van der Waals surface area contributed by atoms with Crippen molar-refractivity contribution >= 4 is 0 Å². The summed E-state index contributed by atoms with van der Waals surface area (Å²) in [5.74, 6) is 1.18. The zero-order valence-electron chi connectivity index (χ0n) is 14.5. The Kier molecular flexibility index (Phi) is 13.8. The molecule has 20 heavy (non-hydrogen) atoms. The SMILES string of the molecule is CC.CC.Cc1nc(CNCCF)nc(C)c1C(C)C. The first-order chi connectivity index (χ1) is 9.56. The average molecular weight is 285 g/mol. The summed E-state index contributed by atoms with van der Waals surface area (Å²) in [6.45, 7) is 16.8. The molecule has 0 aromatic carbocycles.